The summed E-state index contributed by atoms with van der Waals surface area (Å²) in [7, 11) is 0. The van der Waals surface area contributed by atoms with E-state index in [0.717, 1.165) is 32.6 Å². The molecule has 0 aromatic heterocycles. The van der Waals surface area contributed by atoms with Gasteiger partial charge in [0, 0.05) is 30.9 Å². The number of hydrogen-bond donors (Lipinski definition) is 1. The number of rotatable bonds is 0. The molecule has 1 spiro atoms. The Kier molecular flexibility index (Phi) is 1.99. The van der Waals surface area contributed by atoms with E-state index in [-0.39, 0.29) is 0 Å². The summed E-state index contributed by atoms with van der Waals surface area (Å²) in [5, 5.41) is 3.57. The smallest absolute Gasteiger partial charge is 0.0475 e. The Morgan fingerprint density at radius 1 is 1.27 bits per heavy atom. The van der Waals surface area contributed by atoms with Crippen molar-refractivity contribution in [2.45, 2.75) is 25.2 Å². The van der Waals surface area contributed by atoms with Crippen LogP contribution >= 0.6 is 0 Å². The van der Waals surface area contributed by atoms with Crippen LogP contribution in [0.5, 0.6) is 0 Å². The lowest BCUT2D eigenvalue weighted by atomic mass is 9.75. The van der Waals surface area contributed by atoms with E-state index in [9.17, 15) is 0 Å². The van der Waals surface area contributed by atoms with E-state index in [1.807, 2.05) is 0 Å². The Morgan fingerprint density at radius 3 is 2.87 bits per heavy atom. The number of para-hydroxylation sites is 1. The summed E-state index contributed by atoms with van der Waals surface area (Å²) in [5.41, 5.74) is 4.63. The molecule has 1 aromatic carbocycles. The molecule has 1 aromatic rings. The van der Waals surface area contributed by atoms with Gasteiger partial charge in [-0.25, -0.2) is 0 Å². The van der Waals surface area contributed by atoms with Gasteiger partial charge >= 0.3 is 0 Å². The van der Waals surface area contributed by atoms with Crippen LogP contribution in [0.1, 0.15) is 24.0 Å². The maximum Gasteiger partial charge on any atom is 0.0475 e. The predicted molar refractivity (Wildman–Crippen MR) is 61.4 cm³/mol. The highest BCUT2D eigenvalue weighted by Gasteiger charge is 2.40. The SMILES string of the molecule is Cc1cccc2c1NCC21CCOCC1. The van der Waals surface area contributed by atoms with Gasteiger partial charge in [-0.15, -0.1) is 0 Å². The second-order valence-corrected chi connectivity index (χ2v) is 4.74. The van der Waals surface area contributed by atoms with Crippen LogP contribution in [0.15, 0.2) is 18.2 Å². The number of anilines is 1. The van der Waals surface area contributed by atoms with Gasteiger partial charge in [-0.2, -0.15) is 0 Å². The Morgan fingerprint density at radius 2 is 2.07 bits per heavy atom. The van der Waals surface area contributed by atoms with E-state index < -0.39 is 0 Å². The van der Waals surface area contributed by atoms with Gasteiger partial charge in [-0.05, 0) is 30.9 Å². The highest BCUT2D eigenvalue weighted by atomic mass is 16.5. The van der Waals surface area contributed by atoms with Gasteiger partial charge in [0.05, 0.1) is 0 Å². The Bertz CT molecular complexity index is 380. The third kappa shape index (κ3) is 1.28. The van der Waals surface area contributed by atoms with Crippen LogP contribution in [0.25, 0.3) is 0 Å². The first-order chi connectivity index (χ1) is 7.32. The third-order valence-corrected chi connectivity index (χ3v) is 3.90. The van der Waals surface area contributed by atoms with Gasteiger partial charge < -0.3 is 10.1 Å². The fourth-order valence-corrected chi connectivity index (χ4v) is 2.91. The molecule has 0 saturated carbocycles. The summed E-state index contributed by atoms with van der Waals surface area (Å²) in [6.07, 6.45) is 2.33. The molecular weight excluding hydrogens is 186 g/mol. The van der Waals surface area contributed by atoms with E-state index in [1.54, 1.807) is 0 Å². The van der Waals surface area contributed by atoms with Crippen molar-refractivity contribution in [1.82, 2.24) is 0 Å². The Balaban J connectivity index is 2.06. The first-order valence-electron chi connectivity index (χ1n) is 5.74. The molecule has 3 rings (SSSR count). The fourth-order valence-electron chi connectivity index (χ4n) is 2.91. The molecule has 2 aliphatic heterocycles. The van der Waals surface area contributed by atoms with Gasteiger partial charge in [0.1, 0.15) is 0 Å². The van der Waals surface area contributed by atoms with Crippen molar-refractivity contribution in [3.63, 3.8) is 0 Å². The molecule has 2 aliphatic rings. The standard InChI is InChI=1S/C13H17NO/c1-10-3-2-4-11-12(10)14-9-13(11)5-7-15-8-6-13/h2-4,14H,5-9H2,1H3. The van der Waals surface area contributed by atoms with E-state index >= 15 is 0 Å². The molecule has 1 saturated heterocycles. The number of aryl methyl sites for hydroxylation is 1. The summed E-state index contributed by atoms with van der Waals surface area (Å²) in [5.74, 6) is 0. The zero-order valence-electron chi connectivity index (χ0n) is 9.18. The summed E-state index contributed by atoms with van der Waals surface area (Å²) < 4.78 is 5.47. The quantitative estimate of drug-likeness (QED) is 0.699. The maximum atomic E-state index is 5.47. The minimum atomic E-state index is 0.361. The monoisotopic (exact) mass is 203 g/mol. The predicted octanol–water partition coefficient (Wildman–Crippen LogP) is 2.47. The van der Waals surface area contributed by atoms with Crippen molar-refractivity contribution in [3.8, 4) is 0 Å². The van der Waals surface area contributed by atoms with Gasteiger partial charge in [-0.3, -0.25) is 0 Å². The summed E-state index contributed by atoms with van der Waals surface area (Å²) in [4.78, 5) is 0. The first-order valence-corrected chi connectivity index (χ1v) is 5.74. The van der Waals surface area contributed by atoms with Crippen LogP contribution in [-0.4, -0.2) is 19.8 Å². The zero-order valence-corrected chi connectivity index (χ0v) is 9.18. The lowest BCUT2D eigenvalue weighted by molar-refractivity contribution is 0.0567. The van der Waals surface area contributed by atoms with Crippen molar-refractivity contribution in [1.29, 1.82) is 0 Å². The highest BCUT2D eigenvalue weighted by Crippen LogP contribution is 2.44. The Hall–Kier alpha value is -1.02. The molecule has 2 heteroatoms. The molecule has 2 nitrogen and oxygen atoms in total. The average molecular weight is 203 g/mol. The molecule has 1 N–H and O–H groups in total. The Labute approximate surface area is 90.6 Å². The number of ether oxygens (including phenoxy) is 1. The molecule has 0 bridgehead atoms. The molecule has 2 heterocycles. The van der Waals surface area contributed by atoms with Crippen LogP contribution in [0.2, 0.25) is 0 Å². The molecular formula is C13H17NO. The molecule has 0 atom stereocenters. The van der Waals surface area contributed by atoms with Crippen LogP contribution in [-0.2, 0) is 10.2 Å². The third-order valence-electron chi connectivity index (χ3n) is 3.90. The van der Waals surface area contributed by atoms with Crippen LogP contribution in [0, 0.1) is 6.92 Å². The summed E-state index contributed by atoms with van der Waals surface area (Å²) in [6, 6.07) is 6.65. The van der Waals surface area contributed by atoms with Crippen LogP contribution in [0.4, 0.5) is 5.69 Å². The topological polar surface area (TPSA) is 21.3 Å². The molecule has 0 amide bonds. The molecule has 0 unspecified atom stereocenters. The molecule has 0 radical (unpaired) electrons. The van der Waals surface area contributed by atoms with Crippen molar-refractivity contribution < 1.29 is 4.74 Å². The second kappa shape index (κ2) is 3.24. The van der Waals surface area contributed by atoms with E-state index in [4.69, 9.17) is 4.74 Å². The van der Waals surface area contributed by atoms with E-state index in [0.29, 0.717) is 5.41 Å². The van der Waals surface area contributed by atoms with Crippen LogP contribution in [0.3, 0.4) is 0 Å². The van der Waals surface area contributed by atoms with Crippen molar-refractivity contribution in [2.75, 3.05) is 25.1 Å². The highest BCUT2D eigenvalue weighted by molar-refractivity contribution is 5.64. The summed E-state index contributed by atoms with van der Waals surface area (Å²) >= 11 is 0. The number of nitrogens with one attached hydrogen (secondary N) is 1. The lowest BCUT2D eigenvalue weighted by Crippen LogP contribution is -2.35. The molecule has 80 valence electrons. The summed E-state index contributed by atoms with van der Waals surface area (Å²) in [6.45, 7) is 5.10. The minimum absolute atomic E-state index is 0.361. The van der Waals surface area contributed by atoms with E-state index in [1.165, 1.54) is 16.8 Å². The van der Waals surface area contributed by atoms with Crippen molar-refractivity contribution in [2.24, 2.45) is 0 Å². The lowest BCUT2D eigenvalue weighted by Gasteiger charge is -2.33. The van der Waals surface area contributed by atoms with E-state index in [2.05, 4.69) is 30.4 Å². The van der Waals surface area contributed by atoms with Gasteiger partial charge in [0.2, 0.25) is 0 Å². The van der Waals surface area contributed by atoms with Gasteiger partial charge in [0.15, 0.2) is 0 Å². The van der Waals surface area contributed by atoms with Gasteiger partial charge in [0.25, 0.3) is 0 Å². The molecule has 1 fully saturated rings. The minimum Gasteiger partial charge on any atom is -0.384 e. The second-order valence-electron chi connectivity index (χ2n) is 4.74. The van der Waals surface area contributed by atoms with Crippen molar-refractivity contribution in [3.05, 3.63) is 29.3 Å². The normalized spacial score (nSPS) is 22.5. The number of fused-ring (bicyclic) bond motifs is 2. The number of hydrogen-bond acceptors (Lipinski definition) is 2. The first kappa shape index (κ1) is 9.22. The zero-order chi connectivity index (χ0) is 10.3. The molecule has 0 aliphatic carbocycles. The maximum absolute atomic E-state index is 5.47. The fraction of sp³-hybridized carbons (Fsp3) is 0.538. The average Bonchev–Trinajstić information content (AvgIpc) is 2.61. The van der Waals surface area contributed by atoms with Crippen molar-refractivity contribution >= 4 is 5.69 Å². The van der Waals surface area contributed by atoms with Gasteiger partial charge in [-0.1, -0.05) is 18.2 Å². The number of benzene rings is 1. The largest absolute Gasteiger partial charge is 0.384 e. The molecule has 15 heavy (non-hydrogen) atoms. The van der Waals surface area contributed by atoms with Crippen LogP contribution < -0.4 is 5.32 Å².